The summed E-state index contributed by atoms with van der Waals surface area (Å²) in [5, 5.41) is 6.90. The zero-order chi connectivity index (χ0) is 9.97. The minimum Gasteiger partial charge on any atom is -0.384 e. The molecule has 76 valence electrons. The molecule has 1 aromatic carbocycles. The van der Waals surface area contributed by atoms with E-state index in [1.165, 1.54) is 23.2 Å². The molecule has 2 nitrogen and oxygen atoms in total. The smallest absolute Gasteiger partial charge is 0.0419 e. The van der Waals surface area contributed by atoms with Gasteiger partial charge in [-0.2, -0.15) is 0 Å². The molecule has 0 atom stereocenters. The topological polar surface area (TPSA) is 24.1 Å². The normalized spacial score (nSPS) is 14.2. The van der Waals surface area contributed by atoms with Crippen molar-refractivity contribution in [1.82, 2.24) is 5.32 Å². The van der Waals surface area contributed by atoms with E-state index in [9.17, 15) is 0 Å². The van der Waals surface area contributed by atoms with Crippen molar-refractivity contribution in [1.29, 1.82) is 0 Å². The third kappa shape index (κ3) is 1.90. The minimum atomic E-state index is 0.548. The van der Waals surface area contributed by atoms with Crippen LogP contribution in [0.4, 0.5) is 5.69 Å². The first-order valence-electron chi connectivity index (χ1n) is 5.35. The van der Waals surface area contributed by atoms with Crippen LogP contribution in [0, 0.1) is 0 Å². The Morgan fingerprint density at radius 3 is 3.07 bits per heavy atom. The number of benzene rings is 1. The lowest BCUT2D eigenvalue weighted by molar-refractivity contribution is 0.589. The van der Waals surface area contributed by atoms with Gasteiger partial charge in [0.1, 0.15) is 0 Å². The standard InChI is InChI=1S/C12H18N2/c1-9(2)14-8-11-5-3-4-10-6-7-13-12(10)11/h3-5,9,13-14H,6-8H2,1-2H3. The van der Waals surface area contributed by atoms with Gasteiger partial charge in [-0.3, -0.25) is 0 Å². The van der Waals surface area contributed by atoms with E-state index in [1.807, 2.05) is 0 Å². The number of rotatable bonds is 3. The molecule has 0 fully saturated rings. The van der Waals surface area contributed by atoms with E-state index in [2.05, 4.69) is 42.7 Å². The lowest BCUT2D eigenvalue weighted by Gasteiger charge is -2.11. The van der Waals surface area contributed by atoms with Gasteiger partial charge in [0.05, 0.1) is 0 Å². The largest absolute Gasteiger partial charge is 0.384 e. The Hall–Kier alpha value is -1.02. The minimum absolute atomic E-state index is 0.548. The molecule has 0 spiro atoms. The van der Waals surface area contributed by atoms with Gasteiger partial charge >= 0.3 is 0 Å². The van der Waals surface area contributed by atoms with E-state index in [1.54, 1.807) is 0 Å². The summed E-state index contributed by atoms with van der Waals surface area (Å²) < 4.78 is 0. The fourth-order valence-corrected chi connectivity index (χ4v) is 1.87. The molecule has 2 heteroatoms. The van der Waals surface area contributed by atoms with Crippen LogP contribution in [-0.4, -0.2) is 12.6 Å². The van der Waals surface area contributed by atoms with Gasteiger partial charge in [0.25, 0.3) is 0 Å². The third-order valence-electron chi connectivity index (χ3n) is 2.63. The predicted octanol–water partition coefficient (Wildman–Crippen LogP) is 2.15. The molecule has 0 aliphatic carbocycles. The summed E-state index contributed by atoms with van der Waals surface area (Å²) in [4.78, 5) is 0. The van der Waals surface area contributed by atoms with Crippen LogP contribution < -0.4 is 10.6 Å². The van der Waals surface area contributed by atoms with Crippen molar-refractivity contribution in [3.05, 3.63) is 29.3 Å². The van der Waals surface area contributed by atoms with Gasteiger partial charge in [0.15, 0.2) is 0 Å². The summed E-state index contributed by atoms with van der Waals surface area (Å²) in [6, 6.07) is 7.12. The Morgan fingerprint density at radius 2 is 2.29 bits per heavy atom. The molecular weight excluding hydrogens is 172 g/mol. The van der Waals surface area contributed by atoms with E-state index in [-0.39, 0.29) is 0 Å². The van der Waals surface area contributed by atoms with Crippen molar-refractivity contribution in [3.63, 3.8) is 0 Å². The van der Waals surface area contributed by atoms with Crippen LogP contribution in [0.2, 0.25) is 0 Å². The maximum Gasteiger partial charge on any atom is 0.0419 e. The number of fused-ring (bicyclic) bond motifs is 1. The van der Waals surface area contributed by atoms with Crippen LogP contribution in [0.3, 0.4) is 0 Å². The number of hydrogen-bond acceptors (Lipinski definition) is 2. The first-order chi connectivity index (χ1) is 6.77. The van der Waals surface area contributed by atoms with Gasteiger partial charge in [0, 0.05) is 24.8 Å². The maximum absolute atomic E-state index is 3.45. The van der Waals surface area contributed by atoms with Crippen LogP contribution >= 0.6 is 0 Å². The van der Waals surface area contributed by atoms with E-state index in [4.69, 9.17) is 0 Å². The zero-order valence-electron chi connectivity index (χ0n) is 8.93. The molecule has 0 bridgehead atoms. The molecular formula is C12H18N2. The molecule has 0 unspecified atom stereocenters. The fourth-order valence-electron chi connectivity index (χ4n) is 1.87. The first kappa shape index (κ1) is 9.53. The predicted molar refractivity (Wildman–Crippen MR) is 60.6 cm³/mol. The van der Waals surface area contributed by atoms with Crippen molar-refractivity contribution in [2.75, 3.05) is 11.9 Å². The van der Waals surface area contributed by atoms with E-state index in [0.29, 0.717) is 6.04 Å². The van der Waals surface area contributed by atoms with Gasteiger partial charge < -0.3 is 10.6 Å². The third-order valence-corrected chi connectivity index (χ3v) is 2.63. The monoisotopic (exact) mass is 190 g/mol. The number of anilines is 1. The van der Waals surface area contributed by atoms with Crippen LogP contribution in [0.5, 0.6) is 0 Å². The molecule has 1 heterocycles. The molecule has 0 saturated heterocycles. The van der Waals surface area contributed by atoms with E-state index < -0.39 is 0 Å². The Kier molecular flexibility index (Phi) is 2.73. The molecule has 0 saturated carbocycles. The SMILES string of the molecule is CC(C)NCc1cccc2c1NCC2. The first-order valence-corrected chi connectivity index (χ1v) is 5.35. The summed E-state index contributed by atoms with van der Waals surface area (Å²) in [5.41, 5.74) is 4.22. The lowest BCUT2D eigenvalue weighted by atomic mass is 10.1. The zero-order valence-corrected chi connectivity index (χ0v) is 8.93. The molecule has 1 aliphatic heterocycles. The molecule has 0 aromatic heterocycles. The van der Waals surface area contributed by atoms with Gasteiger partial charge in [-0.1, -0.05) is 32.0 Å². The van der Waals surface area contributed by atoms with Gasteiger partial charge in [-0.25, -0.2) is 0 Å². The Balaban J connectivity index is 2.14. The maximum atomic E-state index is 3.45. The highest BCUT2D eigenvalue weighted by molar-refractivity contribution is 5.61. The summed E-state index contributed by atoms with van der Waals surface area (Å²) >= 11 is 0. The van der Waals surface area contributed by atoms with Crippen molar-refractivity contribution in [2.24, 2.45) is 0 Å². The Bertz CT molecular complexity index is 318. The van der Waals surface area contributed by atoms with Crippen molar-refractivity contribution in [2.45, 2.75) is 32.9 Å². The molecule has 2 rings (SSSR count). The molecule has 1 aromatic rings. The average Bonchev–Trinajstić information content (AvgIpc) is 2.62. The summed E-state index contributed by atoms with van der Waals surface area (Å²) in [6.07, 6.45) is 1.17. The van der Waals surface area contributed by atoms with Crippen molar-refractivity contribution < 1.29 is 0 Å². The molecule has 0 radical (unpaired) electrons. The molecule has 1 aliphatic rings. The second kappa shape index (κ2) is 4.01. The quantitative estimate of drug-likeness (QED) is 0.763. The second-order valence-corrected chi connectivity index (χ2v) is 4.16. The summed E-state index contributed by atoms with van der Waals surface area (Å²) in [5.74, 6) is 0. The summed E-state index contributed by atoms with van der Waals surface area (Å²) in [6.45, 7) is 6.41. The highest BCUT2D eigenvalue weighted by Crippen LogP contribution is 2.26. The molecule has 2 N–H and O–H groups in total. The lowest BCUT2D eigenvalue weighted by Crippen LogP contribution is -2.22. The highest BCUT2D eigenvalue weighted by atomic mass is 14.9. The molecule has 0 amide bonds. The Labute approximate surface area is 85.7 Å². The van der Waals surface area contributed by atoms with E-state index in [0.717, 1.165) is 13.1 Å². The fraction of sp³-hybridized carbons (Fsp3) is 0.500. The number of nitrogens with one attached hydrogen (secondary N) is 2. The average molecular weight is 190 g/mol. The highest BCUT2D eigenvalue weighted by Gasteiger charge is 2.12. The van der Waals surface area contributed by atoms with E-state index >= 15 is 0 Å². The Morgan fingerprint density at radius 1 is 1.43 bits per heavy atom. The van der Waals surface area contributed by atoms with Crippen molar-refractivity contribution >= 4 is 5.69 Å². The number of para-hydroxylation sites is 1. The van der Waals surface area contributed by atoms with Crippen LogP contribution in [0.1, 0.15) is 25.0 Å². The van der Waals surface area contributed by atoms with Gasteiger partial charge in [-0.15, -0.1) is 0 Å². The van der Waals surface area contributed by atoms with Gasteiger partial charge in [-0.05, 0) is 17.5 Å². The van der Waals surface area contributed by atoms with Crippen LogP contribution in [0.25, 0.3) is 0 Å². The van der Waals surface area contributed by atoms with Crippen LogP contribution in [0.15, 0.2) is 18.2 Å². The van der Waals surface area contributed by atoms with Gasteiger partial charge in [0.2, 0.25) is 0 Å². The molecule has 14 heavy (non-hydrogen) atoms. The number of hydrogen-bond donors (Lipinski definition) is 2. The van der Waals surface area contributed by atoms with Crippen molar-refractivity contribution in [3.8, 4) is 0 Å². The second-order valence-electron chi connectivity index (χ2n) is 4.16. The van der Waals surface area contributed by atoms with Crippen LogP contribution in [-0.2, 0) is 13.0 Å². The summed E-state index contributed by atoms with van der Waals surface area (Å²) in [7, 11) is 0.